The average Bonchev–Trinajstić information content (AvgIpc) is 2.20. The number of hydrogen-bond donors (Lipinski definition) is 0. The summed E-state index contributed by atoms with van der Waals surface area (Å²) in [7, 11) is 0. The molecule has 1 aliphatic heterocycles. The molecule has 1 saturated heterocycles. The molecule has 0 aliphatic carbocycles. The van der Waals surface area contributed by atoms with Crippen molar-refractivity contribution in [1.29, 1.82) is 5.26 Å². The van der Waals surface area contributed by atoms with Gasteiger partial charge in [-0.25, -0.2) is 0 Å². The van der Waals surface area contributed by atoms with Crippen LogP contribution >= 0.6 is 0 Å². The first-order valence-electron chi connectivity index (χ1n) is 4.95. The third kappa shape index (κ3) is 9.19. The maximum atomic E-state index is 10.4. The van der Waals surface area contributed by atoms with Crippen molar-refractivity contribution in [3.63, 3.8) is 0 Å². The molecule has 0 bridgehead atoms. The molecule has 0 spiro atoms. The molecule has 0 N–H and O–H groups in total. The molecule has 0 atom stereocenters. The molecule has 0 aromatic heterocycles. The Morgan fingerprint density at radius 3 is 2.53 bits per heavy atom. The minimum absolute atomic E-state index is 0.205. The number of hydrogen-bond acceptors (Lipinski definition) is 5. The van der Waals surface area contributed by atoms with E-state index in [0.717, 1.165) is 32.8 Å². The molecule has 0 unspecified atom stereocenters. The molecule has 0 saturated carbocycles. The zero-order valence-electron chi connectivity index (χ0n) is 9.36. The number of rotatable bonds is 3. The lowest BCUT2D eigenvalue weighted by atomic mass is 10.4. The summed E-state index contributed by atoms with van der Waals surface area (Å²) in [6.45, 7) is 7.65. The van der Waals surface area contributed by atoms with Crippen molar-refractivity contribution in [1.82, 2.24) is 4.90 Å². The predicted octanol–water partition coefficient (Wildman–Crippen LogP) is 0.412. The number of morpholine rings is 1. The lowest BCUT2D eigenvalue weighted by Gasteiger charge is -2.25. The first-order valence-corrected chi connectivity index (χ1v) is 4.95. The van der Waals surface area contributed by atoms with E-state index in [1.54, 1.807) is 6.07 Å². The third-order valence-electron chi connectivity index (χ3n) is 1.82. The van der Waals surface area contributed by atoms with Crippen LogP contribution in [0.1, 0.15) is 13.8 Å². The smallest absolute Gasteiger partial charge is 0.302 e. The SMILES string of the molecule is CC#N.CC(=O)OCCN1CCOCC1. The van der Waals surface area contributed by atoms with Gasteiger partial charge in [-0.3, -0.25) is 9.69 Å². The summed E-state index contributed by atoms with van der Waals surface area (Å²) in [6.07, 6.45) is 0. The van der Waals surface area contributed by atoms with Crippen LogP contribution in [-0.2, 0) is 14.3 Å². The molecule has 1 aliphatic rings. The molecule has 5 heteroatoms. The Kier molecular flexibility index (Phi) is 8.73. The van der Waals surface area contributed by atoms with E-state index in [0.29, 0.717) is 6.61 Å². The molecule has 0 amide bonds. The van der Waals surface area contributed by atoms with Crippen LogP contribution in [0.25, 0.3) is 0 Å². The van der Waals surface area contributed by atoms with E-state index in [1.807, 2.05) is 0 Å². The lowest BCUT2D eigenvalue weighted by Crippen LogP contribution is -2.38. The van der Waals surface area contributed by atoms with Gasteiger partial charge in [-0.15, -0.1) is 0 Å². The van der Waals surface area contributed by atoms with Crippen molar-refractivity contribution in [2.45, 2.75) is 13.8 Å². The van der Waals surface area contributed by atoms with Gasteiger partial charge in [0.2, 0.25) is 0 Å². The van der Waals surface area contributed by atoms with Gasteiger partial charge in [0.1, 0.15) is 6.61 Å². The van der Waals surface area contributed by atoms with Crippen LogP contribution in [0.3, 0.4) is 0 Å². The predicted molar refractivity (Wildman–Crippen MR) is 55.2 cm³/mol. The van der Waals surface area contributed by atoms with Crippen LogP contribution in [0, 0.1) is 11.3 Å². The Balaban J connectivity index is 0.000000583. The van der Waals surface area contributed by atoms with Gasteiger partial charge in [-0.05, 0) is 0 Å². The molecule has 1 heterocycles. The Labute approximate surface area is 90.6 Å². The molecule has 1 rings (SSSR count). The van der Waals surface area contributed by atoms with Gasteiger partial charge in [0.25, 0.3) is 0 Å². The molecule has 0 aromatic rings. The van der Waals surface area contributed by atoms with Crippen molar-refractivity contribution in [2.75, 3.05) is 39.5 Å². The molecule has 15 heavy (non-hydrogen) atoms. The fraction of sp³-hybridized carbons (Fsp3) is 0.800. The number of nitrogens with zero attached hydrogens (tertiary/aromatic N) is 2. The van der Waals surface area contributed by atoms with Crippen LogP contribution in [0.4, 0.5) is 0 Å². The van der Waals surface area contributed by atoms with Crippen molar-refractivity contribution in [2.24, 2.45) is 0 Å². The highest BCUT2D eigenvalue weighted by Crippen LogP contribution is 1.95. The molecular formula is C10H18N2O3. The topological polar surface area (TPSA) is 62.6 Å². The minimum Gasteiger partial charge on any atom is -0.465 e. The number of ether oxygens (including phenoxy) is 2. The van der Waals surface area contributed by atoms with E-state index in [2.05, 4.69) is 4.90 Å². The molecule has 1 fully saturated rings. The highest BCUT2D eigenvalue weighted by Gasteiger charge is 2.09. The van der Waals surface area contributed by atoms with Crippen molar-refractivity contribution in [3.05, 3.63) is 0 Å². The second kappa shape index (κ2) is 9.44. The van der Waals surface area contributed by atoms with Gasteiger partial charge in [-0.2, -0.15) is 5.26 Å². The summed E-state index contributed by atoms with van der Waals surface area (Å²) < 4.78 is 10.0. The lowest BCUT2D eigenvalue weighted by molar-refractivity contribution is -0.141. The monoisotopic (exact) mass is 214 g/mol. The second-order valence-electron chi connectivity index (χ2n) is 3.02. The van der Waals surface area contributed by atoms with E-state index >= 15 is 0 Å². The first-order chi connectivity index (χ1) is 7.20. The zero-order valence-corrected chi connectivity index (χ0v) is 9.36. The maximum absolute atomic E-state index is 10.4. The summed E-state index contributed by atoms with van der Waals surface area (Å²) in [6, 6.07) is 1.75. The molecule has 0 radical (unpaired) electrons. The molecule has 5 nitrogen and oxygen atoms in total. The third-order valence-corrected chi connectivity index (χ3v) is 1.82. The number of carbonyl (C=O) groups is 1. The highest BCUT2D eigenvalue weighted by molar-refractivity contribution is 5.65. The van der Waals surface area contributed by atoms with E-state index in [-0.39, 0.29) is 5.97 Å². The molecule has 86 valence electrons. The van der Waals surface area contributed by atoms with Crippen LogP contribution in [0.2, 0.25) is 0 Å². The van der Waals surface area contributed by atoms with Gasteiger partial charge in [0.15, 0.2) is 0 Å². The van der Waals surface area contributed by atoms with E-state index < -0.39 is 0 Å². The van der Waals surface area contributed by atoms with Gasteiger partial charge in [-0.1, -0.05) is 0 Å². The summed E-state index contributed by atoms with van der Waals surface area (Å²) in [4.78, 5) is 12.6. The Morgan fingerprint density at radius 2 is 2.07 bits per heavy atom. The van der Waals surface area contributed by atoms with E-state index in [9.17, 15) is 4.79 Å². The maximum Gasteiger partial charge on any atom is 0.302 e. The van der Waals surface area contributed by atoms with Crippen molar-refractivity contribution >= 4 is 5.97 Å². The summed E-state index contributed by atoms with van der Waals surface area (Å²) in [5.41, 5.74) is 0. The number of nitriles is 1. The van der Waals surface area contributed by atoms with E-state index in [4.69, 9.17) is 14.7 Å². The van der Waals surface area contributed by atoms with Gasteiger partial charge in [0.05, 0.1) is 19.3 Å². The summed E-state index contributed by atoms with van der Waals surface area (Å²) in [5.74, 6) is -0.205. The second-order valence-corrected chi connectivity index (χ2v) is 3.02. The van der Waals surface area contributed by atoms with Crippen LogP contribution in [0.5, 0.6) is 0 Å². The fourth-order valence-corrected chi connectivity index (χ4v) is 1.14. The van der Waals surface area contributed by atoms with Crippen LogP contribution in [-0.4, -0.2) is 50.3 Å². The highest BCUT2D eigenvalue weighted by atomic mass is 16.5. The first kappa shape index (κ1) is 13.9. The average molecular weight is 214 g/mol. The van der Waals surface area contributed by atoms with Gasteiger partial charge < -0.3 is 9.47 Å². The fourth-order valence-electron chi connectivity index (χ4n) is 1.14. The standard InChI is InChI=1S/C8H15NO3.C2H3N/c1-8(10)12-7-4-9-2-5-11-6-3-9;1-2-3/h2-7H2,1H3;1H3. The van der Waals surface area contributed by atoms with Gasteiger partial charge >= 0.3 is 5.97 Å². The van der Waals surface area contributed by atoms with Crippen LogP contribution in [0.15, 0.2) is 0 Å². The Bertz CT molecular complexity index is 207. The minimum atomic E-state index is -0.205. The zero-order chi connectivity index (χ0) is 11.5. The van der Waals surface area contributed by atoms with Gasteiger partial charge in [0, 0.05) is 33.5 Å². The summed E-state index contributed by atoms with van der Waals surface area (Å²) >= 11 is 0. The normalized spacial score (nSPS) is 15.8. The van der Waals surface area contributed by atoms with Crippen molar-refractivity contribution in [3.8, 4) is 6.07 Å². The largest absolute Gasteiger partial charge is 0.465 e. The number of esters is 1. The number of carbonyl (C=O) groups excluding carboxylic acids is 1. The Morgan fingerprint density at radius 1 is 1.53 bits per heavy atom. The molecule has 0 aromatic carbocycles. The van der Waals surface area contributed by atoms with E-state index in [1.165, 1.54) is 13.8 Å². The van der Waals surface area contributed by atoms with Crippen molar-refractivity contribution < 1.29 is 14.3 Å². The summed E-state index contributed by atoms with van der Waals surface area (Å²) in [5, 5.41) is 7.32. The molecular weight excluding hydrogens is 196 g/mol. The quantitative estimate of drug-likeness (QED) is 0.637. The van der Waals surface area contributed by atoms with Crippen LogP contribution < -0.4 is 0 Å². The Hall–Kier alpha value is -1.12.